The predicted octanol–water partition coefficient (Wildman–Crippen LogP) is 7.55. The highest BCUT2D eigenvalue weighted by atomic mass is 16.4. The Bertz CT molecular complexity index is 1260. The van der Waals surface area contributed by atoms with E-state index in [2.05, 4.69) is 52.0 Å². The predicted molar refractivity (Wildman–Crippen MR) is 121 cm³/mol. The Morgan fingerprint density at radius 2 is 1.07 bits per heavy atom. The highest BCUT2D eigenvalue weighted by molar-refractivity contribution is 5.80. The van der Waals surface area contributed by atoms with Gasteiger partial charge in [-0.25, -0.2) is 9.97 Å². The maximum absolute atomic E-state index is 6.02. The van der Waals surface area contributed by atoms with Gasteiger partial charge >= 0.3 is 0 Å². The molecular weight excluding hydrogens is 372 g/mol. The van der Waals surface area contributed by atoms with Gasteiger partial charge in [-0.15, -0.1) is 0 Å². The standard InChI is InChI=1S/C26H24N2O2/c1-15(2)17-8-10-23-21(13-17)27-25(29-23)19-6-5-7-20(12-19)26-28-22-14-18(16(3)4)9-11-24(22)30-26/h5-16H,1-4H3. The quantitative estimate of drug-likeness (QED) is 0.315. The van der Waals surface area contributed by atoms with Crippen LogP contribution in [0.2, 0.25) is 0 Å². The van der Waals surface area contributed by atoms with Crippen molar-refractivity contribution in [3.8, 4) is 22.9 Å². The summed E-state index contributed by atoms with van der Waals surface area (Å²) in [4.78, 5) is 9.43. The van der Waals surface area contributed by atoms with Crippen LogP contribution in [0.5, 0.6) is 0 Å². The maximum Gasteiger partial charge on any atom is 0.227 e. The summed E-state index contributed by atoms with van der Waals surface area (Å²) in [5.74, 6) is 2.11. The van der Waals surface area contributed by atoms with Crippen molar-refractivity contribution in [3.05, 3.63) is 71.8 Å². The molecule has 0 saturated carbocycles. The van der Waals surface area contributed by atoms with E-state index < -0.39 is 0 Å². The Labute approximate surface area is 175 Å². The van der Waals surface area contributed by atoms with Gasteiger partial charge in [-0.05, 0) is 65.4 Å². The lowest BCUT2D eigenvalue weighted by Crippen LogP contribution is -1.86. The minimum Gasteiger partial charge on any atom is -0.436 e. The second-order valence-corrected chi connectivity index (χ2v) is 8.38. The molecule has 0 unspecified atom stereocenters. The van der Waals surface area contributed by atoms with Gasteiger partial charge in [0, 0.05) is 11.1 Å². The zero-order valence-corrected chi connectivity index (χ0v) is 17.6. The van der Waals surface area contributed by atoms with Gasteiger partial charge in [0.2, 0.25) is 11.8 Å². The Morgan fingerprint density at radius 1 is 0.600 bits per heavy atom. The van der Waals surface area contributed by atoms with Gasteiger partial charge in [0.15, 0.2) is 11.2 Å². The summed E-state index contributed by atoms with van der Waals surface area (Å²) in [6.07, 6.45) is 0. The fourth-order valence-electron chi connectivity index (χ4n) is 3.64. The van der Waals surface area contributed by atoms with Gasteiger partial charge in [0.05, 0.1) is 0 Å². The van der Waals surface area contributed by atoms with Crippen LogP contribution in [0.1, 0.15) is 50.7 Å². The molecule has 150 valence electrons. The molecule has 0 bridgehead atoms. The van der Waals surface area contributed by atoms with Crippen LogP contribution in [-0.4, -0.2) is 9.97 Å². The molecule has 5 rings (SSSR count). The van der Waals surface area contributed by atoms with Gasteiger partial charge in [-0.2, -0.15) is 0 Å². The summed E-state index contributed by atoms with van der Waals surface area (Å²) in [5, 5.41) is 0. The summed E-state index contributed by atoms with van der Waals surface area (Å²) in [6.45, 7) is 8.71. The van der Waals surface area contributed by atoms with Crippen LogP contribution < -0.4 is 0 Å². The molecule has 0 saturated heterocycles. The topological polar surface area (TPSA) is 52.1 Å². The number of benzene rings is 3. The highest BCUT2D eigenvalue weighted by Gasteiger charge is 2.14. The van der Waals surface area contributed by atoms with Crippen molar-refractivity contribution in [2.24, 2.45) is 0 Å². The zero-order valence-electron chi connectivity index (χ0n) is 17.6. The highest BCUT2D eigenvalue weighted by Crippen LogP contribution is 2.31. The van der Waals surface area contributed by atoms with E-state index in [-0.39, 0.29) is 0 Å². The van der Waals surface area contributed by atoms with E-state index in [4.69, 9.17) is 18.8 Å². The summed E-state index contributed by atoms with van der Waals surface area (Å²) in [7, 11) is 0. The first-order chi connectivity index (χ1) is 14.5. The van der Waals surface area contributed by atoms with Crippen LogP contribution in [0, 0.1) is 0 Å². The van der Waals surface area contributed by atoms with Crippen molar-refractivity contribution in [2.75, 3.05) is 0 Å². The minimum atomic E-state index is 0.452. The molecule has 0 N–H and O–H groups in total. The largest absolute Gasteiger partial charge is 0.436 e. The van der Waals surface area contributed by atoms with E-state index in [9.17, 15) is 0 Å². The molecule has 30 heavy (non-hydrogen) atoms. The molecular formula is C26H24N2O2. The fraction of sp³-hybridized carbons (Fsp3) is 0.231. The van der Waals surface area contributed by atoms with Gasteiger partial charge in [-0.1, -0.05) is 45.9 Å². The Hall–Kier alpha value is -3.40. The molecule has 0 aliphatic heterocycles. The normalized spacial score (nSPS) is 11.9. The molecule has 5 aromatic rings. The first kappa shape index (κ1) is 18.6. The Morgan fingerprint density at radius 3 is 1.50 bits per heavy atom. The third-order valence-electron chi connectivity index (χ3n) is 5.51. The van der Waals surface area contributed by atoms with Gasteiger partial charge < -0.3 is 8.83 Å². The van der Waals surface area contributed by atoms with Crippen molar-refractivity contribution in [3.63, 3.8) is 0 Å². The Balaban J connectivity index is 1.54. The molecule has 3 aromatic carbocycles. The van der Waals surface area contributed by atoms with Gasteiger partial charge in [0.1, 0.15) is 11.0 Å². The number of rotatable bonds is 4. The molecule has 4 nitrogen and oxygen atoms in total. The zero-order chi connectivity index (χ0) is 20.8. The smallest absolute Gasteiger partial charge is 0.227 e. The third-order valence-corrected chi connectivity index (χ3v) is 5.51. The second-order valence-electron chi connectivity index (χ2n) is 8.38. The maximum atomic E-state index is 6.02. The van der Waals surface area contributed by atoms with E-state index in [1.54, 1.807) is 0 Å². The minimum absolute atomic E-state index is 0.452. The average molecular weight is 396 g/mol. The Kier molecular flexibility index (Phi) is 4.43. The fourth-order valence-corrected chi connectivity index (χ4v) is 3.64. The molecule has 2 heterocycles. The van der Waals surface area contributed by atoms with E-state index in [1.807, 2.05) is 36.4 Å². The molecule has 4 heteroatoms. The number of aromatic nitrogens is 2. The number of nitrogens with zero attached hydrogens (tertiary/aromatic N) is 2. The molecule has 0 fully saturated rings. The van der Waals surface area contributed by atoms with Crippen molar-refractivity contribution < 1.29 is 8.83 Å². The van der Waals surface area contributed by atoms with Gasteiger partial charge in [-0.3, -0.25) is 0 Å². The molecule has 0 aliphatic carbocycles. The van der Waals surface area contributed by atoms with E-state index in [0.717, 1.165) is 33.3 Å². The van der Waals surface area contributed by atoms with E-state index >= 15 is 0 Å². The number of oxazole rings is 2. The van der Waals surface area contributed by atoms with Crippen molar-refractivity contribution in [1.82, 2.24) is 9.97 Å². The van der Waals surface area contributed by atoms with Crippen LogP contribution in [0.4, 0.5) is 0 Å². The number of fused-ring (bicyclic) bond motifs is 2. The van der Waals surface area contributed by atoms with Crippen LogP contribution in [0.25, 0.3) is 45.1 Å². The SMILES string of the molecule is CC(C)c1ccc2oc(-c3cccc(-c4nc5cc(C(C)C)ccc5o4)c3)nc2c1. The first-order valence-electron chi connectivity index (χ1n) is 10.4. The summed E-state index contributed by atoms with van der Waals surface area (Å²) < 4.78 is 12.0. The average Bonchev–Trinajstić information content (AvgIpc) is 3.36. The molecule has 0 amide bonds. The van der Waals surface area contributed by atoms with Crippen molar-refractivity contribution in [2.45, 2.75) is 39.5 Å². The molecule has 0 aliphatic rings. The van der Waals surface area contributed by atoms with Crippen LogP contribution in [0.15, 0.2) is 69.5 Å². The summed E-state index contributed by atoms with van der Waals surface area (Å²) in [6, 6.07) is 20.4. The monoisotopic (exact) mass is 396 g/mol. The first-order valence-corrected chi connectivity index (χ1v) is 10.4. The van der Waals surface area contributed by atoms with Crippen LogP contribution >= 0.6 is 0 Å². The summed E-state index contributed by atoms with van der Waals surface area (Å²) in [5.41, 5.74) is 7.66. The number of hydrogen-bond acceptors (Lipinski definition) is 4. The summed E-state index contributed by atoms with van der Waals surface area (Å²) >= 11 is 0. The lowest BCUT2D eigenvalue weighted by molar-refractivity contribution is 0.617. The molecule has 0 atom stereocenters. The van der Waals surface area contributed by atoms with E-state index in [1.165, 1.54) is 11.1 Å². The van der Waals surface area contributed by atoms with Crippen molar-refractivity contribution in [1.29, 1.82) is 0 Å². The lowest BCUT2D eigenvalue weighted by atomic mass is 10.0. The van der Waals surface area contributed by atoms with Crippen molar-refractivity contribution >= 4 is 22.2 Å². The lowest BCUT2D eigenvalue weighted by Gasteiger charge is -2.02. The molecule has 2 aromatic heterocycles. The second kappa shape index (κ2) is 7.13. The third kappa shape index (κ3) is 3.28. The number of hydrogen-bond donors (Lipinski definition) is 0. The molecule has 0 radical (unpaired) electrons. The van der Waals surface area contributed by atoms with Gasteiger partial charge in [0.25, 0.3) is 0 Å². The van der Waals surface area contributed by atoms with Crippen LogP contribution in [-0.2, 0) is 0 Å². The van der Waals surface area contributed by atoms with E-state index in [0.29, 0.717) is 23.6 Å². The molecule has 0 spiro atoms. The van der Waals surface area contributed by atoms with Crippen LogP contribution in [0.3, 0.4) is 0 Å².